The van der Waals surface area contributed by atoms with Gasteiger partial charge in [0.05, 0.1) is 56.5 Å². The average Bonchev–Trinajstić information content (AvgIpc) is 1.64. The van der Waals surface area contributed by atoms with Gasteiger partial charge in [0.15, 0.2) is 0 Å². The molecule has 24 heteroatoms. The number of aliphatic hydroxyl groups excluding tert-OH is 1. The Morgan fingerprint density at radius 3 is 1.21 bits per heavy atom. The fourth-order valence-electron chi connectivity index (χ4n) is 23.2. The molecular formula is C83H128N2O22. The van der Waals surface area contributed by atoms with E-state index in [1.807, 2.05) is 13.8 Å². The highest BCUT2D eigenvalue weighted by Crippen LogP contribution is 2.60. The molecule has 15 fully saturated rings. The second-order valence-corrected chi connectivity index (χ2v) is 36.7. The number of aliphatic carboxylic acids is 2. The standard InChI is InChI=1S/C16H24O4.2C14H20O4.C14H24O4.C13H21NO3.C12H19NO3/c1-8-9(2)11-5-10(8)6-12(11)14(17)20-13-15(18)19-7-16(13,3)4;1-7-8(2)11-3-9(7)4-12(11)14(16)18-10-5-13(15)17-6-10;1-7-8(2)10-5-9(7)6-11(10)13(15)18-12-3-4-17-14(12)16;1-9-10(2)12-7-11(9)8-13(12)14(16)18-6-5-17-4-3-15;1-6-7(2)10-4-9(6)5-11(10)12(15)14-8(3)13(16)17;1-6-7(2)9-3-8(6)4-10(9)12(16)13-5-11(14)15/h8-13H,5-7H2,1-4H3;2*7-12H,3-6H2,1-2H3;9-13,15H,3-8H2,1-2H3;6-11H,4-5H2,1-3H3,(H,14,15)(H,16,17);6-10H,3-5H2,1-2H3,(H,13,16)(H,14,15). The Bertz CT molecular complexity index is 3200. The monoisotopic (exact) mass is 1500 g/mol. The zero-order chi connectivity index (χ0) is 78.1. The van der Waals surface area contributed by atoms with Crippen molar-refractivity contribution in [1.82, 2.24) is 10.6 Å². The number of carboxylic acids is 2. The summed E-state index contributed by atoms with van der Waals surface area (Å²) in [6.07, 6.45) is 11.7. The minimum atomic E-state index is -0.974. The van der Waals surface area contributed by atoms with Gasteiger partial charge in [0, 0.05) is 23.7 Å². The number of nitrogens with one attached hydrogen (secondary N) is 2. The number of esters is 7. The van der Waals surface area contributed by atoms with Gasteiger partial charge >= 0.3 is 53.7 Å². The smallest absolute Gasteiger partial charge is 0.348 e. The van der Waals surface area contributed by atoms with Crippen molar-refractivity contribution in [1.29, 1.82) is 0 Å². The van der Waals surface area contributed by atoms with Crippen LogP contribution >= 0.6 is 0 Å². The number of hydrogen-bond acceptors (Lipinski definition) is 20. The van der Waals surface area contributed by atoms with Gasteiger partial charge in [-0.1, -0.05) is 96.9 Å². The maximum Gasteiger partial charge on any atom is 0.348 e. The molecule has 0 aromatic heterocycles. The van der Waals surface area contributed by atoms with Crippen LogP contribution in [0.15, 0.2) is 0 Å². The maximum atomic E-state index is 12.4. The third-order valence-corrected chi connectivity index (χ3v) is 31.1. The van der Waals surface area contributed by atoms with Crippen LogP contribution in [0.3, 0.4) is 0 Å². The molecule has 15 aliphatic rings. The largest absolute Gasteiger partial charge is 0.480 e. The Kier molecular flexibility index (Phi) is 27.5. The van der Waals surface area contributed by atoms with Crippen LogP contribution in [0.2, 0.25) is 0 Å². The first-order valence-corrected chi connectivity index (χ1v) is 41.0. The van der Waals surface area contributed by atoms with E-state index in [-0.39, 0.29) is 115 Å². The SMILES string of the molecule is CC(NC(=O)C1CC2CC1C(C)C2C)C(=O)O.CC1C2CC(C(=O)NCC(=O)O)C(C2)C1C.CC1C2CC(C(=O)OC3C(=O)OCC3(C)C)C(C2)C1C.CC1C2CC(C(=O)OC3CCOC3=O)C(C2)C1C.CC1C2CC(C(=O)OC3COC(=O)C3)C(C2)C1C.CC1C2CC(C(=O)OCCOCCO)C(C2)C1C. The molecule has 15 rings (SSSR count). The third kappa shape index (κ3) is 18.3. The zero-order valence-electron chi connectivity index (χ0n) is 66.3. The van der Waals surface area contributed by atoms with Crippen molar-refractivity contribution in [3.8, 4) is 0 Å². The number of rotatable bonds is 18. The van der Waals surface area contributed by atoms with Gasteiger partial charge in [0.2, 0.25) is 24.0 Å². The van der Waals surface area contributed by atoms with Crippen LogP contribution in [0.5, 0.6) is 0 Å². The van der Waals surface area contributed by atoms with E-state index in [1.54, 1.807) is 0 Å². The topological polar surface area (TPSA) is 346 Å². The van der Waals surface area contributed by atoms with E-state index in [0.717, 1.165) is 82.0 Å². The first-order valence-electron chi connectivity index (χ1n) is 41.0. The van der Waals surface area contributed by atoms with Crippen molar-refractivity contribution in [2.24, 2.45) is 183 Å². The Morgan fingerprint density at radius 2 is 0.860 bits per heavy atom. The molecule has 107 heavy (non-hydrogen) atoms. The summed E-state index contributed by atoms with van der Waals surface area (Å²) in [6.45, 7) is 34.1. The highest BCUT2D eigenvalue weighted by atomic mass is 16.6. The summed E-state index contributed by atoms with van der Waals surface area (Å²) < 4.78 is 41.3. The highest BCUT2D eigenvalue weighted by Gasteiger charge is 2.58. The van der Waals surface area contributed by atoms with Gasteiger partial charge < -0.3 is 63.8 Å². The number of carboxylic acid groups (broad SMARTS) is 2. The van der Waals surface area contributed by atoms with Gasteiger partial charge in [-0.2, -0.15) is 0 Å². The van der Waals surface area contributed by atoms with E-state index in [4.69, 9.17) is 53.2 Å². The minimum absolute atomic E-state index is 0.00889. The molecule has 12 bridgehead atoms. The van der Waals surface area contributed by atoms with Gasteiger partial charge in [0.1, 0.15) is 38.5 Å². The number of carbonyl (C=O) groups is 11. The third-order valence-electron chi connectivity index (χ3n) is 31.1. The Labute approximate surface area is 633 Å². The average molecular weight is 1510 g/mol. The molecule has 5 N–H and O–H groups in total. The summed E-state index contributed by atoms with van der Waals surface area (Å²) in [7, 11) is 0. The fourth-order valence-corrected chi connectivity index (χ4v) is 23.2. The normalized spacial score (nSPS) is 43.1. The van der Waals surface area contributed by atoms with E-state index in [1.165, 1.54) is 19.8 Å². The van der Waals surface area contributed by atoms with E-state index < -0.39 is 41.6 Å². The predicted molar refractivity (Wildman–Crippen MR) is 388 cm³/mol. The first kappa shape index (κ1) is 83.6. The molecule has 34 atom stereocenters. The lowest BCUT2D eigenvalue weighted by molar-refractivity contribution is -0.168. The van der Waals surface area contributed by atoms with Crippen molar-refractivity contribution in [2.45, 2.75) is 218 Å². The van der Waals surface area contributed by atoms with Gasteiger partial charge in [-0.3, -0.25) is 43.2 Å². The molecule has 0 spiro atoms. The molecule has 0 aromatic rings. The van der Waals surface area contributed by atoms with Crippen LogP contribution in [0.4, 0.5) is 0 Å². The minimum Gasteiger partial charge on any atom is -0.480 e. The second-order valence-electron chi connectivity index (χ2n) is 36.7. The number of amides is 2. The molecule has 3 saturated heterocycles. The lowest BCUT2D eigenvalue weighted by atomic mass is 9.75. The molecule has 2 amide bonds. The van der Waals surface area contributed by atoms with Gasteiger partial charge in [-0.15, -0.1) is 0 Å². The van der Waals surface area contributed by atoms with E-state index in [9.17, 15) is 52.7 Å². The molecule has 24 nitrogen and oxygen atoms in total. The molecule has 12 saturated carbocycles. The Morgan fingerprint density at radius 1 is 0.467 bits per heavy atom. The Hall–Kier alpha value is -5.91. The second kappa shape index (κ2) is 35.2. The van der Waals surface area contributed by atoms with Crippen LogP contribution in [0, 0.1) is 183 Å². The molecule has 3 heterocycles. The molecule has 0 aromatic carbocycles. The Balaban J connectivity index is 0.000000137. The number of cyclic esters (lactones) is 3. The van der Waals surface area contributed by atoms with Crippen molar-refractivity contribution in [3.05, 3.63) is 0 Å². The summed E-state index contributed by atoms with van der Waals surface area (Å²) in [5.41, 5.74) is -0.413. The summed E-state index contributed by atoms with van der Waals surface area (Å²) >= 11 is 0. The van der Waals surface area contributed by atoms with Crippen LogP contribution in [0.25, 0.3) is 0 Å². The quantitative estimate of drug-likeness (QED) is 0.0484. The van der Waals surface area contributed by atoms with Crippen LogP contribution in [0.1, 0.15) is 194 Å². The first-order chi connectivity index (χ1) is 50.5. The lowest BCUT2D eigenvalue weighted by Crippen LogP contribution is -2.44. The molecule has 34 unspecified atom stereocenters. The number of hydrogen-bond donors (Lipinski definition) is 5. The van der Waals surface area contributed by atoms with Gasteiger partial charge in [-0.25, -0.2) is 9.59 Å². The molecule has 3 aliphatic heterocycles. The number of aliphatic hydroxyl groups is 1. The fraction of sp³-hybridized carbons (Fsp3) is 0.867. The summed E-state index contributed by atoms with van der Waals surface area (Å²) in [6, 6.07) is -0.783. The predicted octanol–water partition coefficient (Wildman–Crippen LogP) is 10.0. The zero-order valence-corrected chi connectivity index (χ0v) is 66.3. The molecule has 602 valence electrons. The highest BCUT2D eigenvalue weighted by molar-refractivity contribution is 5.86. The maximum absolute atomic E-state index is 12.4. The van der Waals surface area contributed by atoms with Gasteiger partial charge in [-0.05, 0) is 226 Å². The number of ether oxygens (including phenoxy) is 8. The summed E-state index contributed by atoms with van der Waals surface area (Å²) in [4.78, 5) is 128. The van der Waals surface area contributed by atoms with Crippen molar-refractivity contribution >= 4 is 65.5 Å². The van der Waals surface area contributed by atoms with Crippen LogP contribution in [-0.4, -0.2) is 158 Å². The van der Waals surface area contributed by atoms with E-state index in [0.29, 0.717) is 164 Å². The van der Waals surface area contributed by atoms with Crippen molar-refractivity contribution < 1.29 is 106 Å². The molecule has 12 aliphatic carbocycles. The summed E-state index contributed by atoms with van der Waals surface area (Å²) in [5, 5.41) is 31.0. The van der Waals surface area contributed by atoms with E-state index in [2.05, 4.69) is 93.7 Å². The summed E-state index contributed by atoms with van der Waals surface area (Å²) in [5.74, 6) is 11.4. The van der Waals surface area contributed by atoms with Crippen LogP contribution in [-0.2, 0) is 90.6 Å². The van der Waals surface area contributed by atoms with E-state index >= 15 is 0 Å². The van der Waals surface area contributed by atoms with Crippen molar-refractivity contribution in [3.63, 3.8) is 0 Å². The lowest BCUT2D eigenvalue weighted by Gasteiger charge is -2.31. The van der Waals surface area contributed by atoms with Crippen molar-refractivity contribution in [2.75, 3.05) is 52.8 Å². The van der Waals surface area contributed by atoms with Crippen LogP contribution < -0.4 is 10.6 Å². The molecular weight excluding hydrogens is 1380 g/mol. The molecule has 0 radical (unpaired) electrons. The number of fused-ring (bicyclic) bond motifs is 12. The van der Waals surface area contributed by atoms with Gasteiger partial charge in [0.25, 0.3) is 0 Å². The number of carbonyl (C=O) groups excluding carboxylic acids is 9.